The van der Waals surface area contributed by atoms with Crippen molar-refractivity contribution in [1.29, 1.82) is 0 Å². The number of carbonyl (C=O) groups excluding carboxylic acids is 1. The van der Waals surface area contributed by atoms with E-state index < -0.39 is 0 Å². The maximum absolute atomic E-state index is 12.5. The Morgan fingerprint density at radius 3 is 3.00 bits per heavy atom. The van der Waals surface area contributed by atoms with Crippen LogP contribution < -0.4 is 10.2 Å². The highest BCUT2D eigenvalue weighted by Crippen LogP contribution is 2.25. The van der Waals surface area contributed by atoms with Crippen LogP contribution in [0, 0.1) is 0 Å². The molecule has 1 aliphatic rings. The fraction of sp³-hybridized carbons (Fsp3) is 0.368. The summed E-state index contributed by atoms with van der Waals surface area (Å²) in [7, 11) is 0. The lowest BCUT2D eigenvalue weighted by molar-refractivity contribution is 0.102. The van der Waals surface area contributed by atoms with E-state index in [-0.39, 0.29) is 5.91 Å². The summed E-state index contributed by atoms with van der Waals surface area (Å²) in [4.78, 5) is 19.4. The van der Waals surface area contributed by atoms with Crippen LogP contribution in [0.5, 0.6) is 0 Å². The average molecular weight is 388 g/mol. The fourth-order valence-electron chi connectivity index (χ4n) is 3.21. The first-order valence-corrected chi connectivity index (χ1v) is 9.26. The van der Waals surface area contributed by atoms with Crippen molar-refractivity contribution in [1.82, 2.24) is 4.98 Å². The number of rotatable bonds is 4. The molecule has 3 rings (SSSR count). The molecule has 1 fully saturated rings. The van der Waals surface area contributed by atoms with Crippen molar-refractivity contribution >= 4 is 33.3 Å². The molecular formula is C19H22BrN3O. The second-order valence-electron chi connectivity index (χ2n) is 6.12. The summed E-state index contributed by atoms with van der Waals surface area (Å²) in [6.07, 6.45) is 6.50. The normalized spacial score (nSPS) is 17.6. The summed E-state index contributed by atoms with van der Waals surface area (Å²) in [5, 5.41) is 2.94. The van der Waals surface area contributed by atoms with Crippen LogP contribution in [-0.4, -0.2) is 23.5 Å². The summed E-state index contributed by atoms with van der Waals surface area (Å²) in [5.74, 6) is 0.797. The highest BCUT2D eigenvalue weighted by Gasteiger charge is 2.22. The second kappa shape index (κ2) is 7.79. The maximum atomic E-state index is 12.5. The molecule has 1 unspecified atom stereocenters. The van der Waals surface area contributed by atoms with Gasteiger partial charge in [0.1, 0.15) is 5.82 Å². The number of nitrogens with one attached hydrogen (secondary N) is 1. The zero-order chi connectivity index (χ0) is 16.9. The molecule has 5 heteroatoms. The molecule has 2 heterocycles. The van der Waals surface area contributed by atoms with Crippen LogP contribution >= 0.6 is 15.9 Å². The molecule has 0 saturated carbocycles. The molecule has 1 amide bonds. The lowest BCUT2D eigenvalue weighted by Gasteiger charge is -2.36. The molecule has 0 aliphatic carbocycles. The summed E-state index contributed by atoms with van der Waals surface area (Å²) >= 11 is 3.42. The Morgan fingerprint density at radius 2 is 2.21 bits per heavy atom. The highest BCUT2D eigenvalue weighted by atomic mass is 79.9. The SMILES string of the molecule is CCC1CCCCN1c1cc(C(=O)Nc2cccc(Br)c2)ccn1. The van der Waals surface area contributed by atoms with Crippen LogP contribution in [-0.2, 0) is 0 Å². The van der Waals surface area contributed by atoms with Crippen LogP contribution in [0.1, 0.15) is 43.0 Å². The maximum Gasteiger partial charge on any atom is 0.255 e. The van der Waals surface area contributed by atoms with Gasteiger partial charge in [0.2, 0.25) is 0 Å². The number of amides is 1. The Balaban J connectivity index is 1.78. The van der Waals surface area contributed by atoms with Gasteiger partial charge in [-0.2, -0.15) is 0 Å². The predicted octanol–water partition coefficient (Wildman–Crippen LogP) is 4.87. The molecule has 2 aromatic rings. The van der Waals surface area contributed by atoms with Crippen LogP contribution in [0.25, 0.3) is 0 Å². The molecule has 0 bridgehead atoms. The zero-order valence-corrected chi connectivity index (χ0v) is 15.4. The van der Waals surface area contributed by atoms with Gasteiger partial charge in [0.05, 0.1) is 0 Å². The van der Waals surface area contributed by atoms with E-state index in [0.29, 0.717) is 11.6 Å². The third kappa shape index (κ3) is 3.96. The minimum Gasteiger partial charge on any atom is -0.354 e. The molecule has 1 aliphatic heterocycles. The molecular weight excluding hydrogens is 366 g/mol. The third-order valence-corrected chi connectivity index (χ3v) is 4.98. The smallest absolute Gasteiger partial charge is 0.255 e. The first-order valence-electron chi connectivity index (χ1n) is 8.47. The summed E-state index contributed by atoms with van der Waals surface area (Å²) in [5.41, 5.74) is 1.41. The molecule has 1 saturated heterocycles. The van der Waals surface area contributed by atoms with Crippen LogP contribution in [0.2, 0.25) is 0 Å². The third-order valence-electron chi connectivity index (χ3n) is 4.48. The van der Waals surface area contributed by atoms with E-state index in [2.05, 4.69) is 38.1 Å². The Bertz CT molecular complexity index is 719. The number of carbonyl (C=O) groups is 1. The molecule has 126 valence electrons. The molecule has 0 spiro atoms. The number of pyridine rings is 1. The van der Waals surface area contributed by atoms with Gasteiger partial charge in [-0.1, -0.05) is 28.9 Å². The summed E-state index contributed by atoms with van der Waals surface area (Å²) in [6.45, 7) is 3.23. The van der Waals surface area contributed by atoms with Gasteiger partial charge in [-0.25, -0.2) is 4.98 Å². The van der Waals surface area contributed by atoms with E-state index in [1.54, 1.807) is 12.3 Å². The van der Waals surface area contributed by atoms with Gasteiger partial charge in [-0.3, -0.25) is 4.79 Å². The molecule has 1 aromatic carbocycles. The molecule has 1 N–H and O–H groups in total. The van der Waals surface area contributed by atoms with Crippen LogP contribution in [0.4, 0.5) is 11.5 Å². The Labute approximate surface area is 151 Å². The second-order valence-corrected chi connectivity index (χ2v) is 7.03. The van der Waals surface area contributed by atoms with Gasteiger partial charge in [0.15, 0.2) is 0 Å². The lowest BCUT2D eigenvalue weighted by atomic mass is 10.00. The predicted molar refractivity (Wildman–Crippen MR) is 102 cm³/mol. The van der Waals surface area contributed by atoms with E-state index in [4.69, 9.17) is 0 Å². The van der Waals surface area contributed by atoms with Gasteiger partial charge in [0.25, 0.3) is 5.91 Å². The van der Waals surface area contributed by atoms with Gasteiger partial charge in [0, 0.05) is 34.5 Å². The molecule has 24 heavy (non-hydrogen) atoms. The van der Waals surface area contributed by atoms with Gasteiger partial charge in [-0.15, -0.1) is 0 Å². The number of benzene rings is 1. The average Bonchev–Trinajstić information content (AvgIpc) is 2.62. The van der Waals surface area contributed by atoms with Gasteiger partial charge in [-0.05, 0) is 56.0 Å². The Hall–Kier alpha value is -1.88. The number of halogens is 1. The van der Waals surface area contributed by atoms with Crippen molar-refractivity contribution < 1.29 is 4.79 Å². The van der Waals surface area contributed by atoms with Gasteiger partial charge >= 0.3 is 0 Å². The monoisotopic (exact) mass is 387 g/mol. The fourth-order valence-corrected chi connectivity index (χ4v) is 3.61. The standard InChI is InChI=1S/C19H22BrN3O/c1-2-17-8-3-4-11-23(17)18-12-14(9-10-21-18)19(24)22-16-7-5-6-15(20)13-16/h5-7,9-10,12-13,17H,2-4,8,11H2,1H3,(H,22,24). The number of nitrogens with zero attached hydrogens (tertiary/aromatic N) is 2. The Morgan fingerprint density at radius 1 is 1.33 bits per heavy atom. The molecule has 0 radical (unpaired) electrons. The molecule has 4 nitrogen and oxygen atoms in total. The van der Waals surface area contributed by atoms with Crippen molar-refractivity contribution in [2.75, 3.05) is 16.8 Å². The van der Waals surface area contributed by atoms with Crippen LogP contribution in [0.15, 0.2) is 47.1 Å². The van der Waals surface area contributed by atoms with Crippen molar-refractivity contribution in [3.63, 3.8) is 0 Å². The summed E-state index contributed by atoms with van der Waals surface area (Å²) in [6, 6.07) is 11.8. The van der Waals surface area contributed by atoms with E-state index in [9.17, 15) is 4.79 Å². The van der Waals surface area contributed by atoms with E-state index in [0.717, 1.165) is 28.9 Å². The van der Waals surface area contributed by atoms with E-state index in [1.165, 1.54) is 19.3 Å². The number of hydrogen-bond acceptors (Lipinski definition) is 3. The Kier molecular flexibility index (Phi) is 5.51. The topological polar surface area (TPSA) is 45.2 Å². The zero-order valence-electron chi connectivity index (χ0n) is 13.8. The van der Waals surface area contributed by atoms with Crippen molar-refractivity contribution in [3.8, 4) is 0 Å². The largest absolute Gasteiger partial charge is 0.354 e. The van der Waals surface area contributed by atoms with Crippen molar-refractivity contribution in [2.24, 2.45) is 0 Å². The lowest BCUT2D eigenvalue weighted by Crippen LogP contribution is -2.39. The molecule has 1 aromatic heterocycles. The quantitative estimate of drug-likeness (QED) is 0.813. The summed E-state index contributed by atoms with van der Waals surface area (Å²) < 4.78 is 0.940. The minimum atomic E-state index is -0.109. The van der Waals surface area contributed by atoms with Crippen LogP contribution in [0.3, 0.4) is 0 Å². The highest BCUT2D eigenvalue weighted by molar-refractivity contribution is 9.10. The first kappa shape index (κ1) is 17.0. The van der Waals surface area contributed by atoms with E-state index >= 15 is 0 Å². The van der Waals surface area contributed by atoms with Gasteiger partial charge < -0.3 is 10.2 Å². The van der Waals surface area contributed by atoms with Crippen molar-refractivity contribution in [3.05, 3.63) is 52.6 Å². The van der Waals surface area contributed by atoms with Crippen molar-refractivity contribution in [2.45, 2.75) is 38.6 Å². The van der Waals surface area contributed by atoms with E-state index in [1.807, 2.05) is 30.3 Å². The number of aromatic nitrogens is 1. The minimum absolute atomic E-state index is 0.109. The number of hydrogen-bond donors (Lipinski definition) is 1. The number of anilines is 2. The molecule has 1 atom stereocenters. The first-order chi connectivity index (χ1) is 11.7. The number of piperidine rings is 1.